The first-order valence-corrected chi connectivity index (χ1v) is 12.6. The third-order valence-corrected chi connectivity index (χ3v) is 6.63. The van der Waals surface area contributed by atoms with Crippen molar-refractivity contribution in [2.75, 3.05) is 7.11 Å². The maximum absolute atomic E-state index is 11.8. The van der Waals surface area contributed by atoms with Gasteiger partial charge < -0.3 is 4.74 Å². The van der Waals surface area contributed by atoms with E-state index in [9.17, 15) is 9.59 Å². The Morgan fingerprint density at radius 2 is 1.26 bits per heavy atom. The molecule has 0 aliphatic heterocycles. The van der Waals surface area contributed by atoms with Crippen LogP contribution in [0.3, 0.4) is 0 Å². The average molecular weight is 619 g/mol. The van der Waals surface area contributed by atoms with Crippen LogP contribution in [0.15, 0.2) is 50.2 Å². The second-order valence-electron chi connectivity index (χ2n) is 8.06. The first-order chi connectivity index (χ1) is 14.7. The minimum atomic E-state index is -0.0342. The number of Topliss-reactive ketones (excluding diaryl/α,β-unsaturated/α-hetero) is 1. The van der Waals surface area contributed by atoms with Crippen LogP contribution < -0.4 is 0 Å². The summed E-state index contributed by atoms with van der Waals surface area (Å²) < 4.78 is 7.00. The molecule has 0 bridgehead atoms. The number of ether oxygens (including phenoxy) is 1. The summed E-state index contributed by atoms with van der Waals surface area (Å²) in [6, 6.07) is 11.2. The van der Waals surface area contributed by atoms with E-state index in [2.05, 4.69) is 76.3 Å². The fourth-order valence-corrected chi connectivity index (χ4v) is 4.78. The molecule has 31 heavy (non-hydrogen) atoms. The second-order valence-corrected chi connectivity index (χ2v) is 10.5. The zero-order valence-corrected chi connectivity index (χ0v) is 22.6. The number of nitrogens with zero attached hydrogens (tertiary/aromatic N) is 2. The van der Waals surface area contributed by atoms with Gasteiger partial charge in [-0.3, -0.25) is 9.59 Å². The maximum Gasteiger partial charge on any atom is 0.308 e. The molecule has 8 heteroatoms. The smallest absolute Gasteiger partial charge is 0.308 e. The Bertz CT molecular complexity index is 865. The summed E-state index contributed by atoms with van der Waals surface area (Å²) in [5.41, 5.74) is 0.594. The van der Waals surface area contributed by atoms with Crippen molar-refractivity contribution in [2.24, 2.45) is 23.7 Å². The second kappa shape index (κ2) is 12.8. The molecule has 2 aliphatic rings. The third kappa shape index (κ3) is 8.73. The van der Waals surface area contributed by atoms with Crippen LogP contribution in [0.4, 0.5) is 0 Å². The summed E-state index contributed by atoms with van der Waals surface area (Å²) in [5, 5.41) is 0. The van der Waals surface area contributed by atoms with Crippen LogP contribution in [0.1, 0.15) is 50.0 Å². The molecule has 168 valence electrons. The van der Waals surface area contributed by atoms with Gasteiger partial charge in [0, 0.05) is 5.92 Å². The largest absolute Gasteiger partial charge is 0.469 e. The van der Waals surface area contributed by atoms with E-state index in [0.29, 0.717) is 11.6 Å². The number of aromatic nitrogens is 2. The molecule has 2 aromatic heterocycles. The molecule has 0 N–H and O–H groups in total. The van der Waals surface area contributed by atoms with Crippen LogP contribution in [0.5, 0.6) is 0 Å². The summed E-state index contributed by atoms with van der Waals surface area (Å²) >= 11 is 9.71. The van der Waals surface area contributed by atoms with E-state index in [1.54, 1.807) is 6.07 Å². The third-order valence-electron chi connectivity index (χ3n) is 5.30. The quantitative estimate of drug-likeness (QED) is 0.213. The van der Waals surface area contributed by atoms with E-state index in [1.165, 1.54) is 7.11 Å². The fraction of sp³-hybridized carbons (Fsp3) is 0.478. The number of ketones is 1. The summed E-state index contributed by atoms with van der Waals surface area (Å²) in [6.07, 6.45) is 4.08. The number of hydrogen-bond acceptors (Lipinski definition) is 5. The van der Waals surface area contributed by atoms with Gasteiger partial charge in [-0.05, 0) is 110 Å². The lowest BCUT2D eigenvalue weighted by molar-refractivity contribution is -0.149. The lowest BCUT2D eigenvalue weighted by Crippen LogP contribution is -2.29. The molecule has 2 saturated carbocycles. The summed E-state index contributed by atoms with van der Waals surface area (Å²) in [4.78, 5) is 30.7. The molecule has 5 nitrogen and oxygen atoms in total. The van der Waals surface area contributed by atoms with Gasteiger partial charge in [0.2, 0.25) is 0 Å². The van der Waals surface area contributed by atoms with Gasteiger partial charge in [-0.15, -0.1) is 0 Å². The number of carbonyl (C=O) groups is 2. The van der Waals surface area contributed by atoms with Crippen molar-refractivity contribution in [3.05, 3.63) is 55.9 Å². The topological polar surface area (TPSA) is 69.2 Å². The van der Waals surface area contributed by atoms with Crippen molar-refractivity contribution < 1.29 is 14.3 Å². The van der Waals surface area contributed by atoms with Crippen LogP contribution in [0.25, 0.3) is 0 Å². The van der Waals surface area contributed by atoms with Crippen molar-refractivity contribution in [2.45, 2.75) is 39.5 Å². The van der Waals surface area contributed by atoms with Crippen molar-refractivity contribution in [3.8, 4) is 0 Å². The molecule has 4 rings (SSSR count). The first-order valence-electron chi connectivity index (χ1n) is 10.2. The Hall–Kier alpha value is -1.12. The van der Waals surface area contributed by atoms with Crippen molar-refractivity contribution in [3.63, 3.8) is 0 Å². The number of methoxy groups -OCH3 is 1. The molecule has 0 aromatic carbocycles. The molecule has 2 aliphatic carbocycles. The number of hydrogen-bond donors (Lipinski definition) is 0. The number of esters is 1. The number of rotatable bonds is 3. The molecule has 0 saturated heterocycles. The van der Waals surface area contributed by atoms with Gasteiger partial charge in [-0.2, -0.15) is 0 Å². The first kappa shape index (κ1) is 26.1. The highest BCUT2D eigenvalue weighted by molar-refractivity contribution is 9.11. The molecule has 0 unspecified atom stereocenters. The Kier molecular flexibility index (Phi) is 10.8. The van der Waals surface area contributed by atoms with Crippen molar-refractivity contribution in [1.82, 2.24) is 9.97 Å². The van der Waals surface area contributed by atoms with Gasteiger partial charge in [-0.1, -0.05) is 26.0 Å². The summed E-state index contributed by atoms with van der Waals surface area (Å²) in [7, 11) is 1.45. The molecule has 2 fully saturated rings. The Morgan fingerprint density at radius 3 is 1.65 bits per heavy atom. The molecule has 0 amide bonds. The van der Waals surface area contributed by atoms with E-state index >= 15 is 0 Å². The van der Waals surface area contributed by atoms with Gasteiger partial charge in [0.05, 0.1) is 13.0 Å². The highest BCUT2D eigenvalue weighted by atomic mass is 79.9. The zero-order chi connectivity index (χ0) is 23.0. The van der Waals surface area contributed by atoms with Gasteiger partial charge in [-0.25, -0.2) is 9.97 Å². The summed E-state index contributed by atoms with van der Waals surface area (Å²) in [5.74, 6) is 2.03. The fourth-order valence-electron chi connectivity index (χ4n) is 3.52. The normalized spacial score (nSPS) is 23.5. The lowest BCUT2D eigenvalue weighted by Gasteiger charge is -2.30. The predicted octanol–water partition coefficient (Wildman–Crippen LogP) is 6.89. The minimum Gasteiger partial charge on any atom is -0.469 e. The molecule has 0 spiro atoms. The summed E-state index contributed by atoms with van der Waals surface area (Å²) in [6.45, 7) is 4.33. The Labute approximate surface area is 209 Å². The van der Waals surface area contributed by atoms with Gasteiger partial charge in [0.25, 0.3) is 0 Å². The van der Waals surface area contributed by atoms with Crippen molar-refractivity contribution >= 4 is 59.5 Å². The molecular formula is C23H27Br3N2O3. The lowest BCUT2D eigenvalue weighted by atomic mass is 9.73. The van der Waals surface area contributed by atoms with E-state index in [-0.39, 0.29) is 23.6 Å². The zero-order valence-electron chi connectivity index (χ0n) is 17.9. The van der Waals surface area contributed by atoms with Gasteiger partial charge in [0.15, 0.2) is 5.78 Å². The predicted molar refractivity (Wildman–Crippen MR) is 132 cm³/mol. The molecule has 0 atom stereocenters. The Morgan fingerprint density at radius 1 is 0.806 bits per heavy atom. The van der Waals surface area contributed by atoms with Crippen molar-refractivity contribution in [1.29, 1.82) is 0 Å². The average Bonchev–Trinajstić information content (AvgIpc) is 2.69. The maximum atomic E-state index is 11.8. The van der Waals surface area contributed by atoms with Gasteiger partial charge >= 0.3 is 5.97 Å². The molecular weight excluding hydrogens is 592 g/mol. The SMILES string of the molecule is Brc1cccc(Br)n1.CC1CC(C(=O)c2cccc(Br)n2)C1.COC(=O)C1CC(C)C1. The van der Waals surface area contributed by atoms with Crippen LogP contribution in [-0.2, 0) is 9.53 Å². The number of pyridine rings is 2. The number of halogens is 3. The Balaban J connectivity index is 0.000000175. The number of carbonyl (C=O) groups excluding carboxylic acids is 2. The molecule has 2 heterocycles. The van der Waals surface area contributed by atoms with E-state index in [1.807, 2.05) is 30.3 Å². The van der Waals surface area contributed by atoms with E-state index in [0.717, 1.165) is 45.4 Å². The monoisotopic (exact) mass is 616 g/mol. The highest BCUT2D eigenvalue weighted by Gasteiger charge is 2.33. The van der Waals surface area contributed by atoms with Crippen LogP contribution in [-0.4, -0.2) is 28.8 Å². The van der Waals surface area contributed by atoms with Crippen LogP contribution >= 0.6 is 47.8 Å². The standard InChI is InChI=1S/C11H12BrNO.C7H12O2.C5H3Br2N/c1-7-5-8(6-7)11(14)9-3-2-4-10(12)13-9;1-5-3-6(4-5)7(8)9-2;6-4-2-1-3-5(7)8-4/h2-4,7-8H,5-6H2,1H3;5-6H,3-4H2,1-2H3;1-3H. The molecule has 2 aromatic rings. The molecule has 0 radical (unpaired) electrons. The minimum absolute atomic E-state index is 0.0342. The van der Waals surface area contributed by atoms with Crippen LogP contribution in [0.2, 0.25) is 0 Å². The highest BCUT2D eigenvalue weighted by Crippen LogP contribution is 2.35. The van der Waals surface area contributed by atoms with Gasteiger partial charge in [0.1, 0.15) is 19.5 Å². The van der Waals surface area contributed by atoms with E-state index in [4.69, 9.17) is 0 Å². The van der Waals surface area contributed by atoms with Crippen LogP contribution in [0, 0.1) is 23.7 Å². The van der Waals surface area contributed by atoms with E-state index < -0.39 is 0 Å².